The molecule has 3 heterocycles. The highest BCUT2D eigenvalue weighted by Gasteiger charge is 2.37. The van der Waals surface area contributed by atoms with Gasteiger partial charge >= 0.3 is 7.67 Å². The quantitative estimate of drug-likeness (QED) is 0.615. The first-order chi connectivity index (χ1) is 11.5. The lowest BCUT2D eigenvalue weighted by atomic mass is 9.97. The van der Waals surface area contributed by atoms with E-state index in [1.54, 1.807) is 25.1 Å². The Hall–Kier alpha value is -2.57. The van der Waals surface area contributed by atoms with Crippen LogP contribution in [0.15, 0.2) is 42.0 Å². The van der Waals surface area contributed by atoms with Crippen LogP contribution in [0.4, 0.5) is 5.69 Å². The Balaban J connectivity index is 2.07. The Labute approximate surface area is 137 Å². The van der Waals surface area contributed by atoms with Crippen LogP contribution in [0, 0.1) is 0 Å². The van der Waals surface area contributed by atoms with Crippen LogP contribution < -0.4 is 19.6 Å². The van der Waals surface area contributed by atoms with E-state index in [4.69, 9.17) is 18.9 Å². The topological polar surface area (TPSA) is 98.3 Å². The van der Waals surface area contributed by atoms with Crippen LogP contribution in [0.25, 0.3) is 5.57 Å². The second-order valence-corrected chi connectivity index (χ2v) is 6.86. The van der Waals surface area contributed by atoms with Crippen molar-refractivity contribution in [3.05, 3.63) is 47.6 Å². The maximum Gasteiger partial charge on any atom is 0.389 e. The number of hydrogen-bond acceptors (Lipinski definition) is 5. The molecule has 1 aromatic rings. The Morgan fingerprint density at radius 2 is 2.00 bits per heavy atom. The molecule has 1 aromatic carbocycles. The summed E-state index contributed by atoms with van der Waals surface area (Å²) in [5.41, 5.74) is 1.90. The zero-order valence-electron chi connectivity index (χ0n) is 12.8. The van der Waals surface area contributed by atoms with Gasteiger partial charge in [0.1, 0.15) is 0 Å². The second kappa shape index (κ2) is 5.22. The van der Waals surface area contributed by atoms with Crippen molar-refractivity contribution in [1.29, 1.82) is 0 Å². The smallest absolute Gasteiger partial charge is 0.389 e. The number of hydrogen-bond donors (Lipinski definition) is 3. The molecule has 4 rings (SSSR count). The average molecular weight is 350 g/mol. The molecule has 1 unspecified atom stereocenters. The molecule has 9 heteroatoms. The van der Waals surface area contributed by atoms with Crippen LogP contribution in [0.3, 0.4) is 0 Å². The van der Waals surface area contributed by atoms with Gasteiger partial charge in [-0.05, 0) is 19.1 Å². The normalized spacial score (nSPS) is 29.2. The number of benzene rings is 1. The van der Waals surface area contributed by atoms with Gasteiger partial charge in [0.15, 0.2) is 23.0 Å². The third-order valence-electron chi connectivity index (χ3n) is 3.81. The maximum absolute atomic E-state index is 12.4. The van der Waals surface area contributed by atoms with E-state index in [1.165, 1.54) is 0 Å². The van der Waals surface area contributed by atoms with Crippen molar-refractivity contribution >= 4 is 18.9 Å². The zero-order valence-corrected chi connectivity index (χ0v) is 13.7. The third kappa shape index (κ3) is 2.23. The van der Waals surface area contributed by atoms with Crippen molar-refractivity contribution in [2.75, 3.05) is 18.7 Å². The van der Waals surface area contributed by atoms with Gasteiger partial charge in [0, 0.05) is 0 Å². The number of fused-ring (bicyclic) bond motifs is 3. The van der Waals surface area contributed by atoms with Crippen molar-refractivity contribution in [2.24, 2.45) is 0 Å². The molecule has 126 valence electrons. The lowest BCUT2D eigenvalue weighted by Crippen LogP contribution is -2.13. The molecule has 1 fully saturated rings. The first-order valence-corrected chi connectivity index (χ1v) is 8.84. The van der Waals surface area contributed by atoms with Gasteiger partial charge in [0.05, 0.1) is 22.5 Å². The van der Waals surface area contributed by atoms with Crippen LogP contribution in [-0.4, -0.2) is 18.5 Å². The van der Waals surface area contributed by atoms with Crippen molar-refractivity contribution < 1.29 is 28.4 Å². The van der Waals surface area contributed by atoms with Crippen molar-refractivity contribution in [3.63, 3.8) is 0 Å². The molecule has 0 saturated carbocycles. The summed E-state index contributed by atoms with van der Waals surface area (Å²) >= 11 is 0. The number of rotatable bonds is 0. The number of anilines is 1. The van der Waals surface area contributed by atoms with Gasteiger partial charge in [0.25, 0.3) is 0 Å². The molecule has 3 N–H and O–H groups in total. The fourth-order valence-electron chi connectivity index (χ4n) is 2.82. The average Bonchev–Trinajstić information content (AvgIpc) is 3.14. The zero-order chi connectivity index (χ0) is 16.9. The summed E-state index contributed by atoms with van der Waals surface area (Å²) in [6, 6.07) is 3.34. The minimum absolute atomic E-state index is 0.0284. The lowest BCUT2D eigenvalue weighted by molar-refractivity contribution is 0.0984. The van der Waals surface area contributed by atoms with Crippen LogP contribution >= 0.6 is 7.67 Å². The largest absolute Gasteiger partial charge is 0.454 e. The first-order valence-electron chi connectivity index (χ1n) is 7.18. The van der Waals surface area contributed by atoms with Gasteiger partial charge in [-0.3, -0.25) is 10.2 Å². The van der Waals surface area contributed by atoms with E-state index in [-0.39, 0.29) is 13.6 Å². The first kappa shape index (κ1) is 15.0. The molecule has 1 atom stereocenters. The molecule has 0 radical (unpaired) electrons. The highest BCUT2D eigenvalue weighted by atomic mass is 31.2. The van der Waals surface area contributed by atoms with Gasteiger partial charge in [0.2, 0.25) is 13.6 Å². The van der Waals surface area contributed by atoms with Gasteiger partial charge in [-0.25, -0.2) is 4.57 Å². The Bertz CT molecular complexity index is 860. The summed E-state index contributed by atoms with van der Waals surface area (Å²) in [4.78, 5) is 10.2. The molecular formula is C15H15N2O6P. The molecule has 0 aromatic heterocycles. The van der Waals surface area contributed by atoms with E-state index in [0.29, 0.717) is 45.5 Å². The van der Waals surface area contributed by atoms with Crippen molar-refractivity contribution in [3.8, 4) is 11.5 Å². The summed E-state index contributed by atoms with van der Waals surface area (Å²) in [7, 11) is -3.88. The Kier molecular flexibility index (Phi) is 3.26. The molecule has 1 saturated heterocycles. The van der Waals surface area contributed by atoms with Gasteiger partial charge < -0.3 is 23.8 Å². The highest BCUT2D eigenvalue weighted by Crippen LogP contribution is 2.53. The van der Waals surface area contributed by atoms with E-state index in [9.17, 15) is 9.46 Å². The minimum atomic E-state index is -3.88. The van der Waals surface area contributed by atoms with E-state index < -0.39 is 7.67 Å². The molecule has 0 aliphatic carbocycles. The fraction of sp³-hybridized carbons (Fsp3) is 0.200. The maximum atomic E-state index is 12.4. The number of nitrogens with one attached hydrogen (secondary N) is 2. The molecule has 0 spiro atoms. The number of ether oxygens (including phenoxy) is 4. The standard InChI is InChI=1S/C15H15N2O6P/c1-3-9-12(14-8(2)20-6-22-14)13-10(17-24(18,19)16-9)4-5-11-15(13)23-7-21-11/h3-5H,2,6-7H2,1H3,(H3,16,17,18,19)/b9-3+,14-12-. The van der Waals surface area contributed by atoms with Crippen molar-refractivity contribution in [1.82, 2.24) is 5.09 Å². The molecule has 0 amide bonds. The van der Waals surface area contributed by atoms with Crippen LogP contribution in [0.5, 0.6) is 11.5 Å². The van der Waals surface area contributed by atoms with E-state index in [1.807, 2.05) is 0 Å². The predicted octanol–water partition coefficient (Wildman–Crippen LogP) is 2.66. The summed E-state index contributed by atoms with van der Waals surface area (Å²) in [6.07, 6.45) is 1.67. The van der Waals surface area contributed by atoms with Crippen LogP contribution in [0.1, 0.15) is 12.5 Å². The summed E-state index contributed by atoms with van der Waals surface area (Å²) in [5, 5.41) is 5.25. The molecule has 3 aliphatic rings. The van der Waals surface area contributed by atoms with E-state index in [0.717, 1.165) is 0 Å². The summed E-state index contributed by atoms with van der Waals surface area (Å²) in [5.74, 6) is 1.73. The van der Waals surface area contributed by atoms with E-state index >= 15 is 0 Å². The molecular weight excluding hydrogens is 335 g/mol. The number of allylic oxidation sites excluding steroid dienone is 2. The van der Waals surface area contributed by atoms with Crippen LogP contribution in [0.2, 0.25) is 0 Å². The van der Waals surface area contributed by atoms with Gasteiger partial charge in [-0.1, -0.05) is 12.7 Å². The van der Waals surface area contributed by atoms with Crippen molar-refractivity contribution in [2.45, 2.75) is 6.92 Å². The second-order valence-electron chi connectivity index (χ2n) is 5.26. The fourth-order valence-corrected chi connectivity index (χ4v) is 3.96. The SMILES string of the molecule is C=C1OCO/C1=C1/C(=C\C)NP(=O)(O)Nc2ccc3c(c21)OCO3. The lowest BCUT2D eigenvalue weighted by Gasteiger charge is -2.15. The van der Waals surface area contributed by atoms with Gasteiger partial charge in [-0.2, -0.15) is 0 Å². The summed E-state index contributed by atoms with van der Waals surface area (Å²) in [6.45, 7) is 5.67. The van der Waals surface area contributed by atoms with Crippen LogP contribution in [-0.2, 0) is 14.0 Å². The molecule has 0 bridgehead atoms. The van der Waals surface area contributed by atoms with Gasteiger partial charge in [-0.15, -0.1) is 0 Å². The predicted molar refractivity (Wildman–Crippen MR) is 86.0 cm³/mol. The highest BCUT2D eigenvalue weighted by molar-refractivity contribution is 7.57. The Morgan fingerprint density at radius 1 is 1.21 bits per heavy atom. The molecule has 24 heavy (non-hydrogen) atoms. The monoisotopic (exact) mass is 350 g/mol. The molecule has 3 aliphatic heterocycles. The Morgan fingerprint density at radius 3 is 2.71 bits per heavy atom. The summed E-state index contributed by atoms with van der Waals surface area (Å²) < 4.78 is 34.3. The minimum Gasteiger partial charge on any atom is -0.454 e. The van der Waals surface area contributed by atoms with E-state index in [2.05, 4.69) is 16.8 Å². The molecule has 8 nitrogen and oxygen atoms in total. The third-order valence-corrected chi connectivity index (χ3v) is 4.90.